The second-order valence-corrected chi connectivity index (χ2v) is 8.90. The number of sulfonamides is 1. The molecule has 0 spiro atoms. The van der Waals surface area contributed by atoms with E-state index in [9.17, 15) is 13.2 Å². The fourth-order valence-electron chi connectivity index (χ4n) is 2.76. The van der Waals surface area contributed by atoms with Crippen molar-refractivity contribution in [2.75, 3.05) is 11.9 Å². The van der Waals surface area contributed by atoms with E-state index in [0.29, 0.717) is 33.4 Å². The Morgan fingerprint density at radius 3 is 2.48 bits per heavy atom. The van der Waals surface area contributed by atoms with Crippen molar-refractivity contribution in [2.24, 2.45) is 5.14 Å². The zero-order valence-corrected chi connectivity index (χ0v) is 17.9. The normalized spacial score (nSPS) is 11.3. The van der Waals surface area contributed by atoms with Crippen LogP contribution in [0.15, 0.2) is 47.4 Å². The van der Waals surface area contributed by atoms with Crippen molar-refractivity contribution in [1.82, 2.24) is 4.98 Å². The highest BCUT2D eigenvalue weighted by Crippen LogP contribution is 2.30. The molecule has 2 aromatic carbocycles. The van der Waals surface area contributed by atoms with Gasteiger partial charge in [-0.25, -0.2) is 18.5 Å². The SMILES string of the molecule is CCOc1ccc(-c2nc(C)c(C(=O)Nc3ccc(C)c(S(N)(=O)=O)c3)s2)cc1. The molecule has 7 nitrogen and oxygen atoms in total. The third-order valence-electron chi connectivity index (χ3n) is 4.17. The van der Waals surface area contributed by atoms with E-state index in [0.717, 1.165) is 11.3 Å². The van der Waals surface area contributed by atoms with Crippen molar-refractivity contribution in [3.05, 3.63) is 58.6 Å². The second-order valence-electron chi connectivity index (χ2n) is 6.37. The predicted molar refractivity (Wildman–Crippen MR) is 114 cm³/mol. The van der Waals surface area contributed by atoms with Crippen molar-refractivity contribution in [3.63, 3.8) is 0 Å². The van der Waals surface area contributed by atoms with Crippen LogP contribution in [0.25, 0.3) is 10.6 Å². The number of aromatic nitrogens is 1. The number of aryl methyl sites for hydroxylation is 2. The first-order valence-electron chi connectivity index (χ1n) is 8.84. The van der Waals surface area contributed by atoms with E-state index in [1.807, 2.05) is 31.2 Å². The molecule has 29 heavy (non-hydrogen) atoms. The van der Waals surface area contributed by atoms with Crippen LogP contribution >= 0.6 is 11.3 Å². The average molecular weight is 432 g/mol. The highest BCUT2D eigenvalue weighted by molar-refractivity contribution is 7.89. The molecule has 0 saturated heterocycles. The number of thiazole rings is 1. The maximum Gasteiger partial charge on any atom is 0.267 e. The van der Waals surface area contributed by atoms with Gasteiger partial charge in [0.15, 0.2) is 0 Å². The largest absolute Gasteiger partial charge is 0.494 e. The quantitative estimate of drug-likeness (QED) is 0.618. The van der Waals surface area contributed by atoms with Crippen LogP contribution in [0.4, 0.5) is 5.69 Å². The van der Waals surface area contributed by atoms with E-state index in [4.69, 9.17) is 9.88 Å². The monoisotopic (exact) mass is 431 g/mol. The van der Waals surface area contributed by atoms with Gasteiger partial charge in [-0.2, -0.15) is 0 Å². The Kier molecular flexibility index (Phi) is 6.02. The van der Waals surface area contributed by atoms with Gasteiger partial charge in [-0.1, -0.05) is 6.07 Å². The van der Waals surface area contributed by atoms with Crippen molar-refractivity contribution in [2.45, 2.75) is 25.7 Å². The third-order valence-corrected chi connectivity index (χ3v) is 6.43. The highest BCUT2D eigenvalue weighted by atomic mass is 32.2. The summed E-state index contributed by atoms with van der Waals surface area (Å²) in [6.07, 6.45) is 0. The summed E-state index contributed by atoms with van der Waals surface area (Å²) < 4.78 is 28.8. The predicted octanol–water partition coefficient (Wildman–Crippen LogP) is 3.73. The average Bonchev–Trinajstić information content (AvgIpc) is 3.05. The molecule has 3 rings (SSSR count). The molecule has 0 aliphatic carbocycles. The molecule has 3 aromatic rings. The van der Waals surface area contributed by atoms with Gasteiger partial charge in [0.25, 0.3) is 5.91 Å². The number of primary sulfonamides is 1. The number of rotatable bonds is 6. The smallest absolute Gasteiger partial charge is 0.267 e. The summed E-state index contributed by atoms with van der Waals surface area (Å²) in [6.45, 7) is 5.91. The molecule has 0 radical (unpaired) electrons. The summed E-state index contributed by atoms with van der Waals surface area (Å²) in [6, 6.07) is 12.1. The van der Waals surface area contributed by atoms with E-state index in [1.165, 1.54) is 17.4 Å². The van der Waals surface area contributed by atoms with Gasteiger partial charge >= 0.3 is 0 Å². The molecule has 0 bridgehead atoms. The van der Waals surface area contributed by atoms with E-state index in [-0.39, 0.29) is 10.8 Å². The number of hydrogen-bond acceptors (Lipinski definition) is 6. The lowest BCUT2D eigenvalue weighted by atomic mass is 10.2. The lowest BCUT2D eigenvalue weighted by Gasteiger charge is -2.08. The molecule has 0 aliphatic heterocycles. The molecule has 152 valence electrons. The molecule has 0 unspecified atom stereocenters. The van der Waals surface area contributed by atoms with Crippen LogP contribution < -0.4 is 15.2 Å². The Hall–Kier alpha value is -2.75. The van der Waals surface area contributed by atoms with Crippen molar-refractivity contribution < 1.29 is 17.9 Å². The van der Waals surface area contributed by atoms with E-state index in [1.54, 1.807) is 26.0 Å². The van der Waals surface area contributed by atoms with Crippen LogP contribution in [-0.2, 0) is 10.0 Å². The Labute approximate surface area is 173 Å². The number of nitrogens with zero attached hydrogens (tertiary/aromatic N) is 1. The number of benzene rings is 2. The van der Waals surface area contributed by atoms with Gasteiger partial charge in [0.1, 0.15) is 15.6 Å². The molecule has 1 aromatic heterocycles. The van der Waals surface area contributed by atoms with Crippen LogP contribution in [0.3, 0.4) is 0 Å². The number of ether oxygens (including phenoxy) is 1. The van der Waals surface area contributed by atoms with Gasteiger partial charge in [0, 0.05) is 11.3 Å². The van der Waals surface area contributed by atoms with Crippen LogP contribution in [0.1, 0.15) is 27.9 Å². The van der Waals surface area contributed by atoms with Gasteiger partial charge in [-0.3, -0.25) is 4.79 Å². The molecule has 0 atom stereocenters. The minimum atomic E-state index is -3.88. The molecule has 0 fully saturated rings. The molecule has 9 heteroatoms. The first-order chi connectivity index (χ1) is 13.7. The fourth-order valence-corrected chi connectivity index (χ4v) is 4.54. The van der Waals surface area contributed by atoms with Gasteiger partial charge in [0.05, 0.1) is 17.2 Å². The Morgan fingerprint density at radius 1 is 1.17 bits per heavy atom. The van der Waals surface area contributed by atoms with Crippen molar-refractivity contribution in [1.29, 1.82) is 0 Å². The zero-order valence-electron chi connectivity index (χ0n) is 16.2. The molecule has 0 aliphatic rings. The van der Waals surface area contributed by atoms with Gasteiger partial charge < -0.3 is 10.1 Å². The van der Waals surface area contributed by atoms with Gasteiger partial charge in [0.2, 0.25) is 10.0 Å². The minimum Gasteiger partial charge on any atom is -0.494 e. The number of hydrogen-bond donors (Lipinski definition) is 2. The number of nitrogens with one attached hydrogen (secondary N) is 1. The van der Waals surface area contributed by atoms with Gasteiger partial charge in [-0.15, -0.1) is 11.3 Å². The molecule has 1 amide bonds. The second kappa shape index (κ2) is 8.32. The topological polar surface area (TPSA) is 111 Å². The molecule has 1 heterocycles. The summed E-state index contributed by atoms with van der Waals surface area (Å²) >= 11 is 1.27. The maximum atomic E-state index is 12.7. The van der Waals surface area contributed by atoms with Gasteiger partial charge in [-0.05, 0) is 62.7 Å². The summed E-state index contributed by atoms with van der Waals surface area (Å²) in [5.41, 5.74) is 2.33. The Bertz CT molecular complexity index is 1150. The van der Waals surface area contributed by atoms with Crippen LogP contribution in [0.2, 0.25) is 0 Å². The van der Waals surface area contributed by atoms with E-state index >= 15 is 0 Å². The van der Waals surface area contributed by atoms with Crippen LogP contribution in [-0.4, -0.2) is 25.9 Å². The van der Waals surface area contributed by atoms with E-state index < -0.39 is 10.0 Å². The standard InChI is InChI=1S/C20H21N3O4S2/c1-4-27-16-9-6-14(7-10-16)20-22-13(3)18(28-20)19(24)23-15-8-5-12(2)17(11-15)29(21,25)26/h5-11H,4H2,1-3H3,(H,23,24)(H2,21,25,26). The zero-order chi connectivity index (χ0) is 21.2. The summed E-state index contributed by atoms with van der Waals surface area (Å²) in [7, 11) is -3.88. The molecule has 3 N–H and O–H groups in total. The maximum absolute atomic E-state index is 12.7. The molecular weight excluding hydrogens is 410 g/mol. The molecular formula is C20H21N3O4S2. The van der Waals surface area contributed by atoms with Crippen LogP contribution in [0.5, 0.6) is 5.75 Å². The molecule has 0 saturated carbocycles. The first kappa shape index (κ1) is 21.0. The highest BCUT2D eigenvalue weighted by Gasteiger charge is 2.18. The summed E-state index contributed by atoms with van der Waals surface area (Å²) in [4.78, 5) is 17.6. The number of anilines is 1. The summed E-state index contributed by atoms with van der Waals surface area (Å²) in [5.74, 6) is 0.411. The van der Waals surface area contributed by atoms with Crippen molar-refractivity contribution in [3.8, 4) is 16.3 Å². The lowest BCUT2D eigenvalue weighted by Crippen LogP contribution is -2.16. The minimum absolute atomic E-state index is 0.0218. The van der Waals surface area contributed by atoms with Crippen LogP contribution in [0, 0.1) is 13.8 Å². The number of nitrogens with two attached hydrogens (primary N) is 1. The third kappa shape index (κ3) is 4.81. The first-order valence-corrected chi connectivity index (χ1v) is 11.2. The Balaban J connectivity index is 1.84. The van der Waals surface area contributed by atoms with E-state index in [2.05, 4.69) is 10.3 Å². The summed E-state index contributed by atoms with van der Waals surface area (Å²) in [5, 5.41) is 8.67. The lowest BCUT2D eigenvalue weighted by molar-refractivity contribution is 0.102. The Morgan fingerprint density at radius 2 is 1.86 bits per heavy atom. The number of amides is 1. The fraction of sp³-hybridized carbons (Fsp3) is 0.200. The van der Waals surface area contributed by atoms with Crippen molar-refractivity contribution >= 4 is 33.0 Å². The number of carbonyl (C=O) groups is 1. The number of carbonyl (C=O) groups excluding carboxylic acids is 1.